The van der Waals surface area contributed by atoms with E-state index in [0.717, 1.165) is 10.0 Å². The first-order valence-corrected chi connectivity index (χ1v) is 15.1. The predicted molar refractivity (Wildman–Crippen MR) is 105 cm³/mol. The van der Waals surface area contributed by atoms with Gasteiger partial charge in [0.25, 0.3) is 0 Å². The van der Waals surface area contributed by atoms with E-state index in [4.69, 9.17) is 0 Å². The van der Waals surface area contributed by atoms with Gasteiger partial charge in [-0.25, -0.2) is 0 Å². The summed E-state index contributed by atoms with van der Waals surface area (Å²) in [7, 11) is -2.54. The summed E-state index contributed by atoms with van der Waals surface area (Å²) in [5.74, 6) is 7.23. The average molecular weight is 382 g/mol. The zero-order chi connectivity index (χ0) is 16.1. The second-order valence-electron chi connectivity index (χ2n) is 7.00. The Balaban J connectivity index is 3.20. The van der Waals surface area contributed by atoms with Crippen LogP contribution in [0.25, 0.3) is 0 Å². The van der Waals surface area contributed by atoms with E-state index in [1.807, 2.05) is 0 Å². The molecular weight excluding hydrogens is 352 g/mol. The first-order valence-electron chi connectivity index (χ1n) is 8.06. The summed E-state index contributed by atoms with van der Waals surface area (Å²) in [6.07, 6.45) is 0. The molecule has 0 amide bonds. The van der Waals surface area contributed by atoms with Crippen LogP contribution in [0.4, 0.5) is 0 Å². The van der Waals surface area contributed by atoms with E-state index >= 15 is 0 Å². The standard InChI is InChI=1S/C18H29BrSi2/c1-7-21(8-2,9-3)18(20(4,5)6)15-12-16-10-13-17(19)14-11-16/h10-11,13-14,18H,7-9H2,1-6H3. The van der Waals surface area contributed by atoms with Crippen molar-refractivity contribution in [3.05, 3.63) is 34.3 Å². The predicted octanol–water partition coefficient (Wildman–Crippen LogP) is 6.56. The monoisotopic (exact) mass is 380 g/mol. The molecule has 0 fully saturated rings. The molecule has 0 N–H and O–H groups in total. The summed E-state index contributed by atoms with van der Waals surface area (Å²) in [6, 6.07) is 12.5. The minimum atomic E-state index is -1.27. The van der Waals surface area contributed by atoms with Gasteiger partial charge in [-0.05, 0) is 24.3 Å². The van der Waals surface area contributed by atoms with Crippen molar-refractivity contribution in [3.63, 3.8) is 0 Å². The van der Waals surface area contributed by atoms with Crippen molar-refractivity contribution in [2.75, 3.05) is 0 Å². The van der Waals surface area contributed by atoms with Gasteiger partial charge in [0.05, 0.1) is 16.1 Å². The summed E-state index contributed by atoms with van der Waals surface area (Å²) < 4.78 is 1.12. The summed E-state index contributed by atoms with van der Waals surface area (Å²) in [4.78, 5) is 0. The molecule has 1 unspecified atom stereocenters. The fourth-order valence-electron chi connectivity index (χ4n) is 3.34. The van der Waals surface area contributed by atoms with Crippen LogP contribution in [0.2, 0.25) is 42.9 Å². The molecule has 3 heteroatoms. The van der Waals surface area contributed by atoms with Crippen LogP contribution in [0.1, 0.15) is 26.3 Å². The van der Waals surface area contributed by atoms with E-state index < -0.39 is 16.1 Å². The van der Waals surface area contributed by atoms with E-state index in [-0.39, 0.29) is 0 Å². The molecule has 0 bridgehead atoms. The molecule has 116 valence electrons. The van der Waals surface area contributed by atoms with Crippen LogP contribution < -0.4 is 0 Å². The number of rotatable bonds is 5. The lowest BCUT2D eigenvalue weighted by molar-refractivity contribution is 1.11. The van der Waals surface area contributed by atoms with E-state index in [0.29, 0.717) is 5.16 Å². The minimum Gasteiger partial charge on any atom is -0.101 e. The number of hydrogen-bond donors (Lipinski definition) is 0. The van der Waals surface area contributed by atoms with Gasteiger partial charge in [0, 0.05) is 15.2 Å². The third-order valence-electron chi connectivity index (χ3n) is 4.80. The Hall–Kier alpha value is -0.306. The zero-order valence-corrected chi connectivity index (χ0v) is 18.0. The molecule has 1 aromatic rings. The Morgan fingerprint density at radius 2 is 1.43 bits per heavy atom. The van der Waals surface area contributed by atoms with Crippen LogP contribution in [-0.4, -0.2) is 16.1 Å². The lowest BCUT2D eigenvalue weighted by Crippen LogP contribution is -2.48. The van der Waals surface area contributed by atoms with E-state index in [1.165, 1.54) is 18.1 Å². The van der Waals surface area contributed by atoms with Gasteiger partial charge in [-0.15, -0.1) is 5.92 Å². The average Bonchev–Trinajstić information content (AvgIpc) is 2.44. The number of halogens is 1. The molecular formula is C18H29BrSi2. The van der Waals surface area contributed by atoms with E-state index in [2.05, 4.69) is 92.4 Å². The van der Waals surface area contributed by atoms with Gasteiger partial charge in [0.2, 0.25) is 0 Å². The molecule has 0 saturated carbocycles. The highest BCUT2D eigenvalue weighted by molar-refractivity contribution is 9.10. The molecule has 1 aromatic carbocycles. The van der Waals surface area contributed by atoms with Crippen molar-refractivity contribution < 1.29 is 0 Å². The van der Waals surface area contributed by atoms with Crippen LogP contribution in [0.5, 0.6) is 0 Å². The van der Waals surface area contributed by atoms with Crippen molar-refractivity contribution in [1.82, 2.24) is 0 Å². The van der Waals surface area contributed by atoms with Gasteiger partial charge in [0.15, 0.2) is 0 Å². The molecule has 0 aliphatic carbocycles. The van der Waals surface area contributed by atoms with Crippen LogP contribution in [0.15, 0.2) is 28.7 Å². The van der Waals surface area contributed by atoms with Crippen molar-refractivity contribution in [2.24, 2.45) is 0 Å². The van der Waals surface area contributed by atoms with Crippen molar-refractivity contribution in [1.29, 1.82) is 0 Å². The molecule has 0 aromatic heterocycles. The Labute approximate surface area is 141 Å². The van der Waals surface area contributed by atoms with Gasteiger partial charge in [-0.2, -0.15) is 0 Å². The lowest BCUT2D eigenvalue weighted by atomic mass is 10.2. The summed E-state index contributed by atoms with van der Waals surface area (Å²) >= 11 is 3.49. The Bertz CT molecular complexity index is 490. The molecule has 0 aliphatic rings. The fourth-order valence-corrected chi connectivity index (χ4v) is 16.4. The quantitative estimate of drug-likeness (QED) is 0.400. The molecule has 0 saturated heterocycles. The molecule has 21 heavy (non-hydrogen) atoms. The lowest BCUT2D eigenvalue weighted by Gasteiger charge is -2.41. The molecule has 1 rings (SSSR count). The van der Waals surface area contributed by atoms with E-state index in [1.54, 1.807) is 0 Å². The first kappa shape index (κ1) is 18.7. The number of benzene rings is 1. The topological polar surface area (TPSA) is 0 Å². The van der Waals surface area contributed by atoms with Crippen molar-refractivity contribution in [3.8, 4) is 11.8 Å². The zero-order valence-electron chi connectivity index (χ0n) is 14.4. The highest BCUT2D eigenvalue weighted by Crippen LogP contribution is 2.39. The minimum absolute atomic E-state index is 0.689. The summed E-state index contributed by atoms with van der Waals surface area (Å²) in [6.45, 7) is 14.7. The van der Waals surface area contributed by atoms with Crippen LogP contribution >= 0.6 is 15.9 Å². The molecule has 0 radical (unpaired) electrons. The number of hydrogen-bond acceptors (Lipinski definition) is 0. The third kappa shape index (κ3) is 4.84. The van der Waals surface area contributed by atoms with Crippen molar-refractivity contribution >= 4 is 32.1 Å². The summed E-state index contributed by atoms with van der Waals surface area (Å²) in [5, 5.41) is 0.689. The SMILES string of the molecule is CC[Si](CC)(CC)C(C#Cc1ccc(Br)cc1)[Si](C)(C)C. The first-order chi connectivity index (χ1) is 9.79. The third-order valence-corrected chi connectivity index (χ3v) is 17.2. The Morgan fingerprint density at radius 1 is 0.952 bits per heavy atom. The highest BCUT2D eigenvalue weighted by Gasteiger charge is 2.42. The fraction of sp³-hybridized carbons (Fsp3) is 0.556. The summed E-state index contributed by atoms with van der Waals surface area (Å²) in [5.41, 5.74) is 1.15. The van der Waals surface area contributed by atoms with Crippen LogP contribution in [0.3, 0.4) is 0 Å². The smallest absolute Gasteiger partial charge is 0.0662 e. The van der Waals surface area contributed by atoms with Gasteiger partial charge in [0.1, 0.15) is 0 Å². The van der Waals surface area contributed by atoms with E-state index in [9.17, 15) is 0 Å². The maximum absolute atomic E-state index is 3.75. The molecule has 0 spiro atoms. The van der Waals surface area contributed by atoms with Crippen molar-refractivity contribution in [2.45, 2.75) is 63.7 Å². The van der Waals surface area contributed by atoms with Gasteiger partial charge in [-0.3, -0.25) is 0 Å². The van der Waals surface area contributed by atoms with Crippen LogP contribution in [0, 0.1) is 11.8 Å². The second kappa shape index (κ2) is 7.81. The van der Waals surface area contributed by atoms with Gasteiger partial charge < -0.3 is 0 Å². The molecule has 0 aliphatic heterocycles. The maximum Gasteiger partial charge on any atom is 0.0662 e. The normalized spacial score (nSPS) is 13.5. The second-order valence-corrected chi connectivity index (χ2v) is 19.2. The highest BCUT2D eigenvalue weighted by atomic mass is 79.9. The Kier molecular flexibility index (Phi) is 6.97. The van der Waals surface area contributed by atoms with Gasteiger partial charge >= 0.3 is 0 Å². The maximum atomic E-state index is 3.75. The molecule has 1 atom stereocenters. The van der Waals surface area contributed by atoms with Gasteiger partial charge in [-0.1, -0.05) is 80.4 Å². The van der Waals surface area contributed by atoms with Crippen LogP contribution in [-0.2, 0) is 0 Å². The Morgan fingerprint density at radius 3 is 1.81 bits per heavy atom. The largest absolute Gasteiger partial charge is 0.101 e. The molecule has 0 nitrogen and oxygen atoms in total. The molecule has 0 heterocycles.